The van der Waals surface area contributed by atoms with Crippen LogP contribution < -0.4 is 9.47 Å². The van der Waals surface area contributed by atoms with E-state index in [0.29, 0.717) is 18.1 Å². The number of hydrogen-bond donors (Lipinski definition) is 1. The van der Waals surface area contributed by atoms with E-state index in [0.717, 1.165) is 15.6 Å². The van der Waals surface area contributed by atoms with Gasteiger partial charge in [-0.25, -0.2) is 0 Å². The highest BCUT2D eigenvalue weighted by Gasteiger charge is 2.09. The molecule has 0 saturated heterocycles. The van der Waals surface area contributed by atoms with Crippen molar-refractivity contribution in [3.8, 4) is 11.5 Å². The molecule has 2 aromatic carbocycles. The zero-order valence-electron chi connectivity index (χ0n) is 10.6. The molecule has 4 heteroatoms. The molecule has 1 N–H and O–H groups in total. The minimum Gasteiger partial charge on any atom is -0.495 e. The van der Waals surface area contributed by atoms with Crippen LogP contribution in [0.2, 0.25) is 0 Å². The van der Waals surface area contributed by atoms with E-state index in [1.165, 1.54) is 0 Å². The molecule has 0 fully saturated rings. The second-order valence-corrected chi connectivity index (χ2v) is 4.82. The summed E-state index contributed by atoms with van der Waals surface area (Å²) in [5.74, 6) is 1.32. The van der Waals surface area contributed by atoms with Gasteiger partial charge >= 0.3 is 0 Å². The lowest BCUT2D eigenvalue weighted by Crippen LogP contribution is -1.98. The summed E-state index contributed by atoms with van der Waals surface area (Å²) in [4.78, 5) is 0. The molecular weight excluding hydrogens is 308 g/mol. The summed E-state index contributed by atoms with van der Waals surface area (Å²) in [6.07, 6.45) is 0. The van der Waals surface area contributed by atoms with Gasteiger partial charge in [-0.1, -0.05) is 30.3 Å². The number of aliphatic hydroxyl groups excluding tert-OH is 1. The fourth-order valence-corrected chi connectivity index (χ4v) is 2.23. The summed E-state index contributed by atoms with van der Waals surface area (Å²) < 4.78 is 11.7. The van der Waals surface area contributed by atoms with Crippen molar-refractivity contribution in [1.29, 1.82) is 0 Å². The lowest BCUT2D eigenvalue weighted by Gasteiger charge is -2.12. The summed E-state index contributed by atoms with van der Waals surface area (Å²) in [7, 11) is 1.59. The molecule has 0 heterocycles. The van der Waals surface area contributed by atoms with Crippen LogP contribution in [0.25, 0.3) is 0 Å². The van der Waals surface area contributed by atoms with Crippen LogP contribution in [-0.2, 0) is 13.2 Å². The van der Waals surface area contributed by atoms with Crippen LogP contribution in [-0.4, -0.2) is 12.2 Å². The van der Waals surface area contributed by atoms with Gasteiger partial charge in [0.25, 0.3) is 0 Å². The molecule has 0 atom stereocenters. The Labute approximate surface area is 120 Å². The van der Waals surface area contributed by atoms with Crippen molar-refractivity contribution in [2.75, 3.05) is 7.11 Å². The van der Waals surface area contributed by atoms with E-state index in [1.807, 2.05) is 30.3 Å². The Morgan fingerprint density at radius 2 is 1.89 bits per heavy atom. The molecule has 3 nitrogen and oxygen atoms in total. The minimum atomic E-state index is -0.0700. The SMILES string of the molecule is COc1cc(OCc2ccccc2)cc(CO)c1Br. The van der Waals surface area contributed by atoms with Crippen LogP contribution in [0.3, 0.4) is 0 Å². The molecule has 0 aliphatic heterocycles. The third kappa shape index (κ3) is 3.49. The van der Waals surface area contributed by atoms with E-state index in [-0.39, 0.29) is 6.61 Å². The first-order valence-electron chi connectivity index (χ1n) is 5.88. The van der Waals surface area contributed by atoms with Crippen molar-refractivity contribution >= 4 is 15.9 Å². The van der Waals surface area contributed by atoms with Gasteiger partial charge in [0, 0.05) is 6.07 Å². The number of aliphatic hydroxyl groups is 1. The highest BCUT2D eigenvalue weighted by Crippen LogP contribution is 2.33. The Morgan fingerprint density at radius 1 is 1.16 bits per heavy atom. The maximum absolute atomic E-state index is 9.31. The highest BCUT2D eigenvalue weighted by atomic mass is 79.9. The quantitative estimate of drug-likeness (QED) is 0.915. The van der Waals surface area contributed by atoms with Gasteiger partial charge in [0.05, 0.1) is 18.2 Å². The highest BCUT2D eigenvalue weighted by molar-refractivity contribution is 9.10. The van der Waals surface area contributed by atoms with E-state index in [4.69, 9.17) is 9.47 Å². The smallest absolute Gasteiger partial charge is 0.137 e. The summed E-state index contributed by atoms with van der Waals surface area (Å²) in [5.41, 5.74) is 1.83. The van der Waals surface area contributed by atoms with Crippen LogP contribution in [0.4, 0.5) is 0 Å². The molecule has 0 unspecified atom stereocenters. The molecule has 0 aliphatic carbocycles. The monoisotopic (exact) mass is 322 g/mol. The summed E-state index contributed by atoms with van der Waals surface area (Å²) in [6.45, 7) is 0.413. The largest absolute Gasteiger partial charge is 0.495 e. The van der Waals surface area contributed by atoms with Crippen molar-refractivity contribution in [2.45, 2.75) is 13.2 Å². The van der Waals surface area contributed by atoms with Crippen molar-refractivity contribution in [3.05, 3.63) is 58.1 Å². The van der Waals surface area contributed by atoms with E-state index in [9.17, 15) is 5.11 Å². The Hall–Kier alpha value is -1.52. The zero-order valence-corrected chi connectivity index (χ0v) is 12.2. The zero-order chi connectivity index (χ0) is 13.7. The predicted octanol–water partition coefficient (Wildman–Crippen LogP) is 3.53. The molecule has 19 heavy (non-hydrogen) atoms. The third-order valence-electron chi connectivity index (χ3n) is 2.73. The Bertz CT molecular complexity index is 515. The molecular formula is C15H15BrO3. The van der Waals surface area contributed by atoms with Crippen LogP contribution in [0.15, 0.2) is 46.9 Å². The second kappa shape index (κ2) is 6.59. The Balaban J connectivity index is 2.16. The molecule has 0 radical (unpaired) electrons. The Morgan fingerprint density at radius 3 is 2.53 bits per heavy atom. The van der Waals surface area contributed by atoms with Gasteiger partial charge in [-0.2, -0.15) is 0 Å². The second-order valence-electron chi connectivity index (χ2n) is 4.03. The van der Waals surface area contributed by atoms with Crippen LogP contribution >= 0.6 is 15.9 Å². The topological polar surface area (TPSA) is 38.7 Å². The maximum Gasteiger partial charge on any atom is 0.137 e. The molecule has 0 spiro atoms. The molecule has 0 bridgehead atoms. The lowest BCUT2D eigenvalue weighted by atomic mass is 10.2. The summed E-state index contributed by atoms with van der Waals surface area (Å²) in [5, 5.41) is 9.31. The number of hydrogen-bond acceptors (Lipinski definition) is 3. The van der Waals surface area contributed by atoms with Gasteiger partial charge in [-0.05, 0) is 33.1 Å². The molecule has 0 aliphatic rings. The number of rotatable bonds is 5. The van der Waals surface area contributed by atoms with Crippen LogP contribution in [0.5, 0.6) is 11.5 Å². The molecule has 0 amide bonds. The standard InChI is InChI=1S/C15H15BrO3/c1-18-14-8-13(7-12(9-17)15(14)16)19-10-11-5-3-2-4-6-11/h2-8,17H,9-10H2,1H3. The predicted molar refractivity (Wildman–Crippen MR) is 77.4 cm³/mol. The fourth-order valence-electron chi connectivity index (χ4n) is 1.72. The van der Waals surface area contributed by atoms with Crippen molar-refractivity contribution in [3.63, 3.8) is 0 Å². The van der Waals surface area contributed by atoms with Crippen LogP contribution in [0, 0.1) is 0 Å². The first-order valence-corrected chi connectivity index (χ1v) is 6.68. The molecule has 0 saturated carbocycles. The normalized spacial score (nSPS) is 10.3. The molecule has 2 aromatic rings. The summed E-state index contributed by atoms with van der Waals surface area (Å²) >= 11 is 3.39. The molecule has 2 rings (SSSR count). The minimum absolute atomic E-state index is 0.0700. The van der Waals surface area contributed by atoms with Gasteiger partial charge in [-0.3, -0.25) is 0 Å². The lowest BCUT2D eigenvalue weighted by molar-refractivity contribution is 0.275. The number of ether oxygens (including phenoxy) is 2. The van der Waals surface area contributed by atoms with Crippen LogP contribution in [0.1, 0.15) is 11.1 Å². The number of methoxy groups -OCH3 is 1. The molecule has 100 valence electrons. The van der Waals surface area contributed by atoms with Gasteiger partial charge < -0.3 is 14.6 Å². The fraction of sp³-hybridized carbons (Fsp3) is 0.200. The van der Waals surface area contributed by atoms with Crippen molar-refractivity contribution < 1.29 is 14.6 Å². The van der Waals surface area contributed by atoms with E-state index in [2.05, 4.69) is 15.9 Å². The van der Waals surface area contributed by atoms with E-state index >= 15 is 0 Å². The third-order valence-corrected chi connectivity index (χ3v) is 3.63. The van der Waals surface area contributed by atoms with Crippen molar-refractivity contribution in [2.24, 2.45) is 0 Å². The maximum atomic E-state index is 9.31. The first kappa shape index (κ1) is 13.9. The van der Waals surface area contributed by atoms with Gasteiger partial charge in [0.2, 0.25) is 0 Å². The average molecular weight is 323 g/mol. The first-order chi connectivity index (χ1) is 9.24. The van der Waals surface area contributed by atoms with Gasteiger partial charge in [-0.15, -0.1) is 0 Å². The van der Waals surface area contributed by atoms with E-state index in [1.54, 1.807) is 19.2 Å². The molecule has 0 aromatic heterocycles. The summed E-state index contributed by atoms with van der Waals surface area (Å²) in [6, 6.07) is 13.5. The average Bonchev–Trinajstić information content (AvgIpc) is 2.47. The van der Waals surface area contributed by atoms with E-state index < -0.39 is 0 Å². The number of benzene rings is 2. The van der Waals surface area contributed by atoms with Crippen molar-refractivity contribution in [1.82, 2.24) is 0 Å². The van der Waals surface area contributed by atoms with Gasteiger partial charge in [0.1, 0.15) is 18.1 Å². The van der Waals surface area contributed by atoms with Gasteiger partial charge in [0.15, 0.2) is 0 Å². The Kier molecular flexibility index (Phi) is 4.82. The number of halogens is 1.